The largest absolute Gasteiger partial charge is 0.497 e. The van der Waals surface area contributed by atoms with Crippen molar-refractivity contribution >= 4 is 53.0 Å². The molecular weight excluding hydrogens is 945 g/mol. The first-order chi connectivity index (χ1) is 31.7. The molecule has 4 aromatic carbocycles. The Balaban J connectivity index is 0.000000196. The molecule has 14 nitrogen and oxygen atoms in total. The van der Waals surface area contributed by atoms with Gasteiger partial charge in [-0.15, -0.1) is 22.7 Å². The first kappa shape index (κ1) is 48.4. The van der Waals surface area contributed by atoms with Gasteiger partial charge in [-0.05, 0) is 48.5 Å². The summed E-state index contributed by atoms with van der Waals surface area (Å²) in [5.41, 5.74) is 3.63. The van der Waals surface area contributed by atoms with E-state index in [1.165, 1.54) is 22.7 Å². The van der Waals surface area contributed by atoms with Crippen molar-refractivity contribution in [3.63, 3.8) is 0 Å². The lowest BCUT2D eigenvalue weighted by atomic mass is 10.1. The van der Waals surface area contributed by atoms with Gasteiger partial charge >= 0.3 is 0 Å². The van der Waals surface area contributed by atoms with Gasteiger partial charge in [0.2, 0.25) is 20.0 Å². The van der Waals surface area contributed by atoms with Gasteiger partial charge < -0.3 is 28.7 Å². The predicted octanol–water partition coefficient (Wildman–Crippen LogP) is 7.08. The molecule has 0 bridgehead atoms. The minimum atomic E-state index is -4.26. The Morgan fingerprint density at radius 2 is 0.924 bits per heavy atom. The third kappa shape index (κ3) is 10.7. The molecule has 0 radical (unpaired) electrons. The summed E-state index contributed by atoms with van der Waals surface area (Å²) < 4.78 is 131. The van der Waals surface area contributed by atoms with Gasteiger partial charge in [0.25, 0.3) is 0 Å². The van der Waals surface area contributed by atoms with E-state index in [2.05, 4.69) is 0 Å². The number of ether oxygens (including phenoxy) is 4. The Hall–Kier alpha value is -5.52. The summed E-state index contributed by atoms with van der Waals surface area (Å²) in [6, 6.07) is 17.3. The molecular formula is C44H46F4N6O8S4. The topological polar surface area (TPSA) is 144 Å². The van der Waals surface area contributed by atoms with Crippen molar-refractivity contribution in [2.75, 3.05) is 90.6 Å². The summed E-state index contributed by atoms with van der Waals surface area (Å²) in [6.45, 7) is 1.90. The zero-order valence-electron chi connectivity index (χ0n) is 36.2. The van der Waals surface area contributed by atoms with Gasteiger partial charge in [-0.2, -0.15) is 8.61 Å². The van der Waals surface area contributed by atoms with Crippen LogP contribution in [0.1, 0.15) is 22.5 Å². The Morgan fingerprint density at radius 3 is 1.35 bits per heavy atom. The maximum atomic E-state index is 14.0. The lowest BCUT2D eigenvalue weighted by Crippen LogP contribution is -2.49. The second-order valence-corrected chi connectivity index (χ2v) is 20.3. The molecule has 2 aromatic heterocycles. The van der Waals surface area contributed by atoms with Gasteiger partial charge in [0.15, 0.2) is 20.1 Å². The van der Waals surface area contributed by atoms with E-state index in [-0.39, 0.29) is 26.2 Å². The smallest absolute Gasteiger partial charge is 0.249 e. The number of thiazole rings is 2. The van der Waals surface area contributed by atoms with Crippen LogP contribution in [-0.4, -0.2) is 116 Å². The summed E-state index contributed by atoms with van der Waals surface area (Å²) in [5, 5.41) is 5.44. The van der Waals surface area contributed by atoms with Crippen molar-refractivity contribution in [2.45, 2.75) is 22.6 Å². The SMILES string of the molecule is COc1ccc(Cc2csc(N3CCN(S(=O)(=O)c4c(F)cccc4F)CC3)n2)c(OC)c1.COc1ccc(OC)c(Cc2csc(N3CCN(S(=O)(=O)c4c(F)cccc4F)CC3)n2)c1. The third-order valence-electron chi connectivity index (χ3n) is 10.9. The number of benzene rings is 4. The average molecular weight is 991 g/mol. The summed E-state index contributed by atoms with van der Waals surface area (Å²) >= 11 is 2.93. The van der Waals surface area contributed by atoms with E-state index in [9.17, 15) is 34.4 Å². The van der Waals surface area contributed by atoms with Crippen LogP contribution in [0.2, 0.25) is 0 Å². The van der Waals surface area contributed by atoms with E-state index in [0.717, 1.165) is 89.3 Å². The monoisotopic (exact) mass is 990 g/mol. The maximum Gasteiger partial charge on any atom is 0.249 e. The van der Waals surface area contributed by atoms with Crippen LogP contribution < -0.4 is 28.7 Å². The fourth-order valence-corrected chi connectivity index (χ4v) is 12.2. The van der Waals surface area contributed by atoms with Gasteiger partial charge in [0.05, 0.1) is 39.8 Å². The van der Waals surface area contributed by atoms with Crippen LogP contribution in [0.3, 0.4) is 0 Å². The van der Waals surface area contributed by atoms with Crippen molar-refractivity contribution in [1.29, 1.82) is 0 Å². The van der Waals surface area contributed by atoms with Crippen LogP contribution in [0.4, 0.5) is 27.8 Å². The molecule has 0 N–H and O–H groups in total. The standard InChI is InChI=1S/2C22H23F2N3O4S2/c1-30-17-6-7-20(31-2)15(13-17)12-16-14-32-22(25-16)26-8-10-27(11-9-26)33(28,29)21-18(23)4-3-5-19(21)24;1-30-17-7-6-15(20(13-17)31-2)12-16-14-32-22(25-16)26-8-10-27(11-9-26)33(28,29)21-18(23)4-3-5-19(21)24/h2*3-7,13-14H,8-12H2,1-2H3. The van der Waals surface area contributed by atoms with Gasteiger partial charge in [0.1, 0.15) is 46.3 Å². The first-order valence-corrected chi connectivity index (χ1v) is 25.0. The Morgan fingerprint density at radius 1 is 0.515 bits per heavy atom. The summed E-state index contributed by atoms with van der Waals surface area (Å²) in [6.07, 6.45) is 1.13. The third-order valence-corrected chi connectivity index (χ3v) is 16.7. The Kier molecular flexibility index (Phi) is 15.4. The number of nitrogens with zero attached hydrogens (tertiary/aromatic N) is 6. The molecule has 0 amide bonds. The molecule has 2 saturated heterocycles. The average Bonchev–Trinajstić information content (AvgIpc) is 3.99. The minimum Gasteiger partial charge on any atom is -0.497 e. The lowest BCUT2D eigenvalue weighted by Gasteiger charge is -2.33. The molecule has 22 heteroatoms. The summed E-state index contributed by atoms with van der Waals surface area (Å²) in [7, 11) is -2.11. The number of anilines is 2. The highest BCUT2D eigenvalue weighted by atomic mass is 32.2. The van der Waals surface area contributed by atoms with Gasteiger partial charge in [-0.1, -0.05) is 18.2 Å². The zero-order chi connectivity index (χ0) is 47.2. The van der Waals surface area contributed by atoms with Crippen LogP contribution >= 0.6 is 22.7 Å². The van der Waals surface area contributed by atoms with Crippen molar-refractivity contribution in [1.82, 2.24) is 18.6 Å². The van der Waals surface area contributed by atoms with E-state index in [4.69, 9.17) is 28.9 Å². The normalized spacial score (nSPS) is 15.0. The second-order valence-electron chi connectivity index (χ2n) is 14.8. The highest BCUT2D eigenvalue weighted by molar-refractivity contribution is 7.89. The number of halogens is 4. The first-order valence-electron chi connectivity index (χ1n) is 20.4. The van der Waals surface area contributed by atoms with Gasteiger partial charge in [0, 0.05) is 93.2 Å². The van der Waals surface area contributed by atoms with Gasteiger partial charge in [-0.25, -0.2) is 44.4 Å². The minimum absolute atomic E-state index is 0.106. The van der Waals surface area contributed by atoms with Crippen molar-refractivity contribution in [2.24, 2.45) is 0 Å². The van der Waals surface area contributed by atoms with Crippen LogP contribution in [-0.2, 0) is 32.9 Å². The predicted molar refractivity (Wildman–Crippen MR) is 244 cm³/mol. The molecule has 352 valence electrons. The molecule has 66 heavy (non-hydrogen) atoms. The number of hydrogen-bond donors (Lipinski definition) is 0. The molecule has 0 unspecified atom stereocenters. The van der Waals surface area contributed by atoms with Crippen LogP contribution in [0.15, 0.2) is 93.3 Å². The molecule has 4 heterocycles. The quantitative estimate of drug-likeness (QED) is 0.103. The number of aromatic nitrogens is 2. The van der Waals surface area contributed by atoms with E-state index in [1.54, 1.807) is 28.4 Å². The zero-order valence-corrected chi connectivity index (χ0v) is 39.5. The lowest BCUT2D eigenvalue weighted by molar-refractivity contribution is 0.377. The number of methoxy groups -OCH3 is 4. The van der Waals surface area contributed by atoms with Crippen molar-refractivity contribution < 1.29 is 53.3 Å². The van der Waals surface area contributed by atoms with E-state index >= 15 is 0 Å². The molecule has 2 aliphatic heterocycles. The highest BCUT2D eigenvalue weighted by Crippen LogP contribution is 2.32. The van der Waals surface area contributed by atoms with Crippen LogP contribution in [0.5, 0.6) is 23.0 Å². The maximum absolute atomic E-state index is 14.0. The van der Waals surface area contributed by atoms with Crippen molar-refractivity contribution in [3.05, 3.63) is 129 Å². The molecule has 0 saturated carbocycles. The molecule has 0 aliphatic carbocycles. The van der Waals surface area contributed by atoms with E-state index in [1.807, 2.05) is 57.0 Å². The number of piperazine rings is 2. The number of hydrogen-bond acceptors (Lipinski definition) is 14. The number of sulfonamides is 2. The fourth-order valence-electron chi connectivity index (χ4n) is 7.41. The molecule has 8 rings (SSSR count). The number of rotatable bonds is 14. The molecule has 0 atom stereocenters. The van der Waals surface area contributed by atoms with Crippen molar-refractivity contribution in [3.8, 4) is 23.0 Å². The van der Waals surface area contributed by atoms with E-state index in [0.29, 0.717) is 50.5 Å². The van der Waals surface area contributed by atoms with Crippen LogP contribution in [0, 0.1) is 23.3 Å². The highest BCUT2D eigenvalue weighted by Gasteiger charge is 2.35. The summed E-state index contributed by atoms with van der Waals surface area (Å²) in [5.74, 6) is -1.47. The van der Waals surface area contributed by atoms with E-state index < -0.39 is 53.1 Å². The van der Waals surface area contributed by atoms with Crippen LogP contribution in [0.25, 0.3) is 0 Å². The van der Waals surface area contributed by atoms with Gasteiger partial charge in [-0.3, -0.25) is 0 Å². The molecule has 2 fully saturated rings. The summed E-state index contributed by atoms with van der Waals surface area (Å²) in [4.78, 5) is 11.5. The Bertz CT molecular complexity index is 2830. The molecule has 6 aromatic rings. The molecule has 2 aliphatic rings. The molecule has 0 spiro atoms. The Labute approximate surface area is 388 Å². The fraction of sp³-hybridized carbons (Fsp3) is 0.318. The second kappa shape index (κ2) is 21.0.